The van der Waals surface area contributed by atoms with Crippen molar-refractivity contribution in [1.29, 1.82) is 0 Å². The van der Waals surface area contributed by atoms with E-state index >= 15 is 0 Å². The summed E-state index contributed by atoms with van der Waals surface area (Å²) >= 11 is 4.64. The molecule has 1 atom stereocenters. The van der Waals surface area contributed by atoms with Gasteiger partial charge in [-0.15, -0.1) is 23.7 Å². The summed E-state index contributed by atoms with van der Waals surface area (Å²) in [7, 11) is 0. The Labute approximate surface area is 143 Å². The van der Waals surface area contributed by atoms with Gasteiger partial charge in [0.1, 0.15) is 6.04 Å². The van der Waals surface area contributed by atoms with E-state index < -0.39 is 6.04 Å². The van der Waals surface area contributed by atoms with Crippen molar-refractivity contribution in [2.45, 2.75) is 26.3 Å². The van der Waals surface area contributed by atoms with Crippen molar-refractivity contribution in [2.24, 2.45) is 0 Å². The van der Waals surface area contributed by atoms with Crippen LogP contribution < -0.4 is 16.0 Å². The Hall–Kier alpha value is -0.630. The van der Waals surface area contributed by atoms with Crippen LogP contribution in [0.4, 0.5) is 0 Å². The topological polar surface area (TPSA) is 70.2 Å². The second-order valence-corrected chi connectivity index (χ2v) is 6.80. The summed E-state index contributed by atoms with van der Waals surface area (Å²) in [6, 6.07) is 2.99. The standard InChI is InChI=1S/C13H20BrN3O2S.ClH/c1-3-6-15-7-8-16-12(18)9(2)17-13(19)10-4-5-11(14)20-10;/h4-5,9,15H,3,6-8H2,1-2H3,(H,16,18)(H,17,19);1H. The molecule has 1 rings (SSSR count). The Morgan fingerprint density at radius 2 is 2.00 bits per heavy atom. The van der Waals surface area contributed by atoms with Crippen molar-refractivity contribution in [3.8, 4) is 0 Å². The highest BCUT2D eigenvalue weighted by Crippen LogP contribution is 2.21. The predicted octanol–water partition coefficient (Wildman–Crippen LogP) is 2.17. The van der Waals surface area contributed by atoms with Gasteiger partial charge in [0.15, 0.2) is 0 Å². The smallest absolute Gasteiger partial charge is 0.262 e. The van der Waals surface area contributed by atoms with Crippen molar-refractivity contribution in [3.63, 3.8) is 0 Å². The number of hydrogen-bond acceptors (Lipinski definition) is 4. The van der Waals surface area contributed by atoms with Crippen molar-refractivity contribution in [1.82, 2.24) is 16.0 Å². The lowest BCUT2D eigenvalue weighted by Crippen LogP contribution is -2.46. The first-order chi connectivity index (χ1) is 9.54. The van der Waals surface area contributed by atoms with Crippen molar-refractivity contribution < 1.29 is 9.59 Å². The number of thiophene rings is 1. The minimum absolute atomic E-state index is 0. The number of carbonyl (C=O) groups is 2. The quantitative estimate of drug-likeness (QED) is 0.588. The van der Waals surface area contributed by atoms with Gasteiger partial charge in [0.05, 0.1) is 8.66 Å². The number of carbonyl (C=O) groups excluding carboxylic acids is 2. The predicted molar refractivity (Wildman–Crippen MR) is 92.4 cm³/mol. The molecule has 2 amide bonds. The molecule has 0 aliphatic rings. The maximum atomic E-state index is 11.9. The van der Waals surface area contributed by atoms with Gasteiger partial charge in [0.2, 0.25) is 5.91 Å². The van der Waals surface area contributed by atoms with Gasteiger partial charge in [0, 0.05) is 13.1 Å². The average molecular weight is 399 g/mol. The van der Waals surface area contributed by atoms with Gasteiger partial charge in [-0.1, -0.05) is 6.92 Å². The van der Waals surface area contributed by atoms with Crippen molar-refractivity contribution in [3.05, 3.63) is 20.8 Å². The second kappa shape index (κ2) is 11.0. The van der Waals surface area contributed by atoms with Crippen LogP contribution in [0, 0.1) is 0 Å². The molecule has 21 heavy (non-hydrogen) atoms. The third kappa shape index (κ3) is 7.80. The monoisotopic (exact) mass is 397 g/mol. The highest BCUT2D eigenvalue weighted by atomic mass is 79.9. The molecule has 0 fully saturated rings. The van der Waals surface area contributed by atoms with Gasteiger partial charge in [-0.05, 0) is 48.0 Å². The van der Waals surface area contributed by atoms with Crippen LogP contribution in [-0.4, -0.2) is 37.5 Å². The van der Waals surface area contributed by atoms with Crippen molar-refractivity contribution in [2.75, 3.05) is 19.6 Å². The molecule has 0 saturated heterocycles. The van der Waals surface area contributed by atoms with E-state index in [2.05, 4.69) is 38.8 Å². The fourth-order valence-electron chi connectivity index (χ4n) is 1.50. The molecule has 1 aromatic rings. The fourth-order valence-corrected chi connectivity index (χ4v) is 2.79. The Balaban J connectivity index is 0.00000400. The molecule has 3 N–H and O–H groups in total. The summed E-state index contributed by atoms with van der Waals surface area (Å²) in [5.74, 6) is -0.403. The van der Waals surface area contributed by atoms with Crippen LogP contribution in [0.3, 0.4) is 0 Å². The van der Waals surface area contributed by atoms with E-state index in [9.17, 15) is 9.59 Å². The molecule has 0 radical (unpaired) electrons. The first-order valence-electron chi connectivity index (χ1n) is 6.59. The second-order valence-electron chi connectivity index (χ2n) is 4.34. The minimum atomic E-state index is -0.547. The lowest BCUT2D eigenvalue weighted by atomic mass is 10.3. The summed E-state index contributed by atoms with van der Waals surface area (Å²) in [6.45, 7) is 6.00. The van der Waals surface area contributed by atoms with Gasteiger partial charge in [0.25, 0.3) is 5.91 Å². The summed E-state index contributed by atoms with van der Waals surface area (Å²) in [4.78, 5) is 24.2. The molecule has 8 heteroatoms. The fraction of sp³-hybridized carbons (Fsp3) is 0.538. The van der Waals surface area contributed by atoms with E-state index in [0.717, 1.165) is 23.3 Å². The highest BCUT2D eigenvalue weighted by Gasteiger charge is 2.17. The maximum absolute atomic E-state index is 11.9. The van der Waals surface area contributed by atoms with Gasteiger partial charge in [-0.3, -0.25) is 9.59 Å². The van der Waals surface area contributed by atoms with Crippen LogP contribution in [-0.2, 0) is 4.79 Å². The van der Waals surface area contributed by atoms with Crippen LogP contribution in [0.1, 0.15) is 29.9 Å². The Morgan fingerprint density at radius 3 is 2.57 bits per heavy atom. The Morgan fingerprint density at radius 1 is 1.29 bits per heavy atom. The molecule has 5 nitrogen and oxygen atoms in total. The van der Waals surface area contributed by atoms with E-state index in [1.165, 1.54) is 11.3 Å². The Bertz CT molecular complexity index is 456. The summed E-state index contributed by atoms with van der Waals surface area (Å²) in [5.41, 5.74) is 0. The third-order valence-electron chi connectivity index (χ3n) is 2.57. The number of halogens is 2. The summed E-state index contributed by atoms with van der Waals surface area (Å²) in [6.07, 6.45) is 1.07. The average Bonchev–Trinajstić information content (AvgIpc) is 2.85. The van der Waals surface area contributed by atoms with Gasteiger partial charge in [-0.25, -0.2) is 0 Å². The van der Waals surface area contributed by atoms with E-state index in [1.807, 2.05) is 6.07 Å². The maximum Gasteiger partial charge on any atom is 0.262 e. The minimum Gasteiger partial charge on any atom is -0.353 e. The molecule has 0 saturated carbocycles. The van der Waals surface area contributed by atoms with E-state index in [-0.39, 0.29) is 24.2 Å². The molecule has 120 valence electrons. The lowest BCUT2D eigenvalue weighted by Gasteiger charge is -2.13. The molecular weight excluding hydrogens is 378 g/mol. The molecule has 0 bridgehead atoms. The first-order valence-corrected chi connectivity index (χ1v) is 8.20. The molecule has 0 aliphatic carbocycles. The molecule has 0 aliphatic heterocycles. The molecule has 1 unspecified atom stereocenters. The Kier molecular flexibility index (Phi) is 10.7. The van der Waals surface area contributed by atoms with Crippen LogP contribution in [0.5, 0.6) is 0 Å². The van der Waals surface area contributed by atoms with Crippen molar-refractivity contribution >= 4 is 51.5 Å². The van der Waals surface area contributed by atoms with Crippen LogP contribution in [0.25, 0.3) is 0 Å². The van der Waals surface area contributed by atoms with Gasteiger partial charge in [-0.2, -0.15) is 0 Å². The first kappa shape index (κ1) is 20.4. The largest absolute Gasteiger partial charge is 0.353 e. The summed E-state index contributed by atoms with van der Waals surface area (Å²) in [5, 5.41) is 8.65. The molecule has 0 aromatic carbocycles. The molecule has 0 spiro atoms. The van der Waals surface area contributed by atoms with Gasteiger partial charge < -0.3 is 16.0 Å². The normalized spacial score (nSPS) is 11.4. The summed E-state index contributed by atoms with van der Waals surface area (Å²) < 4.78 is 0.891. The number of rotatable bonds is 8. The van der Waals surface area contributed by atoms with Crippen LogP contribution in [0.2, 0.25) is 0 Å². The number of amides is 2. The molecule has 1 aromatic heterocycles. The lowest BCUT2D eigenvalue weighted by molar-refractivity contribution is -0.122. The zero-order valence-corrected chi connectivity index (χ0v) is 15.3. The van der Waals surface area contributed by atoms with E-state index in [0.29, 0.717) is 11.4 Å². The number of hydrogen-bond donors (Lipinski definition) is 3. The van der Waals surface area contributed by atoms with Gasteiger partial charge >= 0.3 is 0 Å². The zero-order chi connectivity index (χ0) is 15.0. The molecular formula is C13H21BrClN3O2S. The number of nitrogens with one attached hydrogen (secondary N) is 3. The third-order valence-corrected chi connectivity index (χ3v) is 4.19. The highest BCUT2D eigenvalue weighted by molar-refractivity contribution is 9.11. The SMILES string of the molecule is CCCNCCNC(=O)C(C)NC(=O)c1ccc(Br)s1.Cl. The van der Waals surface area contributed by atoms with Crippen LogP contribution in [0.15, 0.2) is 15.9 Å². The van der Waals surface area contributed by atoms with E-state index in [4.69, 9.17) is 0 Å². The van der Waals surface area contributed by atoms with E-state index in [1.54, 1.807) is 13.0 Å². The zero-order valence-electron chi connectivity index (χ0n) is 12.1. The molecule has 1 heterocycles. The van der Waals surface area contributed by atoms with Crippen LogP contribution >= 0.6 is 39.7 Å².